The molecule has 0 radical (unpaired) electrons. The SMILES string of the molecule is CCC(C)C(NC(=O)C(CCCCN)NC(=O)C1CCCN1)C(=O)NC(CC(=O)O)C(=O)O. The van der Waals surface area contributed by atoms with E-state index in [2.05, 4.69) is 21.3 Å². The minimum absolute atomic E-state index is 0.294. The summed E-state index contributed by atoms with van der Waals surface area (Å²) < 4.78 is 0. The number of carboxylic acid groups (broad SMARTS) is 2. The molecule has 0 spiro atoms. The second kappa shape index (κ2) is 14.4. The van der Waals surface area contributed by atoms with E-state index in [9.17, 15) is 29.1 Å². The van der Waals surface area contributed by atoms with Crippen LogP contribution in [-0.2, 0) is 24.0 Å². The van der Waals surface area contributed by atoms with Gasteiger partial charge in [-0.05, 0) is 51.1 Å². The lowest BCUT2D eigenvalue weighted by Crippen LogP contribution is -2.58. The number of rotatable bonds is 15. The number of carbonyl (C=O) groups is 5. The maximum atomic E-state index is 13.1. The van der Waals surface area contributed by atoms with Gasteiger partial charge in [-0.15, -0.1) is 0 Å². The Balaban J connectivity index is 2.94. The van der Waals surface area contributed by atoms with Crippen LogP contribution in [-0.4, -0.2) is 77.1 Å². The van der Waals surface area contributed by atoms with E-state index >= 15 is 0 Å². The molecular weight excluding hydrogens is 434 g/mol. The molecule has 5 atom stereocenters. The lowest BCUT2D eigenvalue weighted by Gasteiger charge is -2.28. The first-order valence-corrected chi connectivity index (χ1v) is 11.4. The molecule has 0 aliphatic carbocycles. The fraction of sp³-hybridized carbons (Fsp3) is 0.762. The van der Waals surface area contributed by atoms with Crippen LogP contribution in [0.3, 0.4) is 0 Å². The number of hydrogen-bond acceptors (Lipinski definition) is 7. The Morgan fingerprint density at radius 1 is 1.03 bits per heavy atom. The van der Waals surface area contributed by atoms with Crippen LogP contribution in [0.5, 0.6) is 0 Å². The Kier molecular flexibility index (Phi) is 12.4. The van der Waals surface area contributed by atoms with Crippen molar-refractivity contribution in [1.29, 1.82) is 0 Å². The van der Waals surface area contributed by atoms with Gasteiger partial charge in [0.05, 0.1) is 12.5 Å². The Morgan fingerprint density at radius 2 is 1.73 bits per heavy atom. The Bertz CT molecular complexity index is 696. The van der Waals surface area contributed by atoms with Crippen molar-refractivity contribution < 1.29 is 34.2 Å². The number of aliphatic carboxylic acids is 2. The van der Waals surface area contributed by atoms with Crippen LogP contribution in [0.1, 0.15) is 58.8 Å². The third-order valence-corrected chi connectivity index (χ3v) is 5.74. The van der Waals surface area contributed by atoms with Crippen LogP contribution in [0.25, 0.3) is 0 Å². The predicted molar refractivity (Wildman–Crippen MR) is 119 cm³/mol. The molecule has 8 N–H and O–H groups in total. The van der Waals surface area contributed by atoms with Crippen molar-refractivity contribution in [3.63, 3.8) is 0 Å². The topological polar surface area (TPSA) is 200 Å². The van der Waals surface area contributed by atoms with E-state index in [1.807, 2.05) is 0 Å². The van der Waals surface area contributed by atoms with Gasteiger partial charge in [-0.25, -0.2) is 4.79 Å². The summed E-state index contributed by atoms with van der Waals surface area (Å²) in [6.07, 6.45) is 2.80. The highest BCUT2D eigenvalue weighted by Crippen LogP contribution is 2.12. The zero-order valence-electron chi connectivity index (χ0n) is 19.3. The van der Waals surface area contributed by atoms with Crippen LogP contribution < -0.4 is 27.0 Å². The van der Waals surface area contributed by atoms with Gasteiger partial charge in [0.25, 0.3) is 0 Å². The van der Waals surface area contributed by atoms with Crippen molar-refractivity contribution in [3.8, 4) is 0 Å². The molecule has 0 aromatic heterocycles. The molecule has 188 valence electrons. The molecule has 1 fully saturated rings. The van der Waals surface area contributed by atoms with Crippen LogP contribution >= 0.6 is 0 Å². The monoisotopic (exact) mass is 471 g/mol. The summed E-state index contributed by atoms with van der Waals surface area (Å²) in [5.41, 5.74) is 5.53. The molecule has 1 saturated heterocycles. The van der Waals surface area contributed by atoms with Crippen LogP contribution in [0.4, 0.5) is 0 Å². The fourth-order valence-electron chi connectivity index (χ4n) is 3.53. The van der Waals surface area contributed by atoms with Crippen molar-refractivity contribution in [3.05, 3.63) is 0 Å². The van der Waals surface area contributed by atoms with Gasteiger partial charge in [0.15, 0.2) is 0 Å². The largest absolute Gasteiger partial charge is 0.481 e. The van der Waals surface area contributed by atoms with Gasteiger partial charge in [0.1, 0.15) is 18.1 Å². The predicted octanol–water partition coefficient (Wildman–Crippen LogP) is -1.07. The Hall–Kier alpha value is -2.73. The lowest BCUT2D eigenvalue weighted by atomic mass is 9.96. The van der Waals surface area contributed by atoms with Crippen LogP contribution in [0, 0.1) is 5.92 Å². The maximum Gasteiger partial charge on any atom is 0.326 e. The number of carboxylic acids is 2. The normalized spacial score (nSPS) is 19.1. The first-order chi connectivity index (χ1) is 15.6. The summed E-state index contributed by atoms with van der Waals surface area (Å²) in [6.45, 7) is 4.67. The van der Waals surface area contributed by atoms with Crippen molar-refractivity contribution in [2.75, 3.05) is 13.1 Å². The van der Waals surface area contributed by atoms with E-state index in [1.54, 1.807) is 13.8 Å². The summed E-state index contributed by atoms with van der Waals surface area (Å²) >= 11 is 0. The number of carbonyl (C=O) groups excluding carboxylic acids is 3. The zero-order valence-corrected chi connectivity index (χ0v) is 19.3. The molecule has 12 heteroatoms. The minimum atomic E-state index is -1.63. The van der Waals surface area contributed by atoms with Gasteiger partial charge in [-0.1, -0.05) is 20.3 Å². The van der Waals surface area contributed by atoms with Crippen molar-refractivity contribution in [2.24, 2.45) is 11.7 Å². The summed E-state index contributed by atoms with van der Waals surface area (Å²) in [7, 11) is 0. The molecule has 0 aromatic rings. The number of unbranched alkanes of at least 4 members (excludes halogenated alkanes) is 1. The Labute approximate surface area is 193 Å². The molecule has 1 aliphatic rings. The first kappa shape index (κ1) is 28.3. The van der Waals surface area contributed by atoms with Gasteiger partial charge in [0.2, 0.25) is 17.7 Å². The molecule has 0 saturated carbocycles. The molecule has 1 heterocycles. The molecule has 3 amide bonds. The van der Waals surface area contributed by atoms with E-state index in [0.29, 0.717) is 38.6 Å². The average molecular weight is 472 g/mol. The maximum absolute atomic E-state index is 13.1. The highest BCUT2D eigenvalue weighted by molar-refractivity contribution is 5.94. The van der Waals surface area contributed by atoms with E-state index in [4.69, 9.17) is 10.8 Å². The van der Waals surface area contributed by atoms with Gasteiger partial charge < -0.3 is 37.2 Å². The average Bonchev–Trinajstić information content (AvgIpc) is 3.30. The number of nitrogens with two attached hydrogens (primary N) is 1. The summed E-state index contributed by atoms with van der Waals surface area (Å²) in [5.74, 6) is -4.90. The van der Waals surface area contributed by atoms with E-state index in [1.165, 1.54) is 0 Å². The third kappa shape index (κ3) is 9.74. The second-order valence-electron chi connectivity index (χ2n) is 8.36. The van der Waals surface area contributed by atoms with E-state index < -0.39 is 48.3 Å². The standard InChI is InChI=1S/C21H37N5O7/c1-3-12(2)17(20(31)25-15(21(32)33)11-16(27)28)26-19(30)14(7-4-5-9-22)24-18(29)13-8-6-10-23-13/h12-15,17,23H,3-11,22H2,1-2H3,(H,24,29)(H,25,31)(H,26,30)(H,27,28)(H,32,33). The van der Waals surface area contributed by atoms with Gasteiger partial charge in [-0.2, -0.15) is 0 Å². The molecule has 0 aromatic carbocycles. The molecule has 12 nitrogen and oxygen atoms in total. The number of amides is 3. The number of nitrogens with one attached hydrogen (secondary N) is 4. The number of hydrogen-bond donors (Lipinski definition) is 7. The molecule has 1 aliphatic heterocycles. The minimum Gasteiger partial charge on any atom is -0.481 e. The molecule has 5 unspecified atom stereocenters. The van der Waals surface area contributed by atoms with Crippen LogP contribution in [0.2, 0.25) is 0 Å². The fourth-order valence-corrected chi connectivity index (χ4v) is 3.53. The quantitative estimate of drug-likeness (QED) is 0.145. The summed E-state index contributed by atoms with van der Waals surface area (Å²) in [5, 5.41) is 28.8. The van der Waals surface area contributed by atoms with Gasteiger partial charge in [0, 0.05) is 0 Å². The van der Waals surface area contributed by atoms with Gasteiger partial charge in [-0.3, -0.25) is 19.2 Å². The summed E-state index contributed by atoms with van der Waals surface area (Å²) in [6, 6.07) is -4.00. The first-order valence-electron chi connectivity index (χ1n) is 11.4. The smallest absolute Gasteiger partial charge is 0.326 e. The van der Waals surface area contributed by atoms with Crippen LogP contribution in [0.15, 0.2) is 0 Å². The van der Waals surface area contributed by atoms with E-state index in [0.717, 1.165) is 13.0 Å². The van der Waals surface area contributed by atoms with Crippen molar-refractivity contribution >= 4 is 29.7 Å². The molecule has 33 heavy (non-hydrogen) atoms. The zero-order chi connectivity index (χ0) is 25.0. The lowest BCUT2D eigenvalue weighted by molar-refractivity contribution is -0.147. The second-order valence-corrected chi connectivity index (χ2v) is 8.36. The Morgan fingerprint density at radius 3 is 2.24 bits per heavy atom. The molecular formula is C21H37N5O7. The van der Waals surface area contributed by atoms with Gasteiger partial charge >= 0.3 is 11.9 Å². The van der Waals surface area contributed by atoms with Crippen molar-refractivity contribution in [1.82, 2.24) is 21.3 Å². The third-order valence-electron chi connectivity index (χ3n) is 5.74. The summed E-state index contributed by atoms with van der Waals surface area (Å²) in [4.78, 5) is 60.6. The highest BCUT2D eigenvalue weighted by Gasteiger charge is 2.33. The highest BCUT2D eigenvalue weighted by atomic mass is 16.4. The van der Waals surface area contributed by atoms with Crippen molar-refractivity contribution in [2.45, 2.75) is 83.0 Å². The van der Waals surface area contributed by atoms with E-state index in [-0.39, 0.29) is 17.9 Å². The molecule has 1 rings (SSSR count). The molecule has 0 bridgehead atoms.